The maximum atomic E-state index is 6.02. The van der Waals surface area contributed by atoms with Crippen LogP contribution in [0.3, 0.4) is 0 Å². The lowest BCUT2D eigenvalue weighted by Crippen LogP contribution is -2.31. The van der Waals surface area contributed by atoms with Crippen molar-refractivity contribution in [2.45, 2.75) is 25.8 Å². The van der Waals surface area contributed by atoms with Gasteiger partial charge in [-0.3, -0.25) is 0 Å². The highest BCUT2D eigenvalue weighted by Crippen LogP contribution is 2.32. The zero-order valence-electron chi connectivity index (χ0n) is 10.3. The summed E-state index contributed by atoms with van der Waals surface area (Å²) in [5, 5.41) is 5.64. The molecule has 5 heteroatoms. The first kappa shape index (κ1) is 14.5. The largest absolute Gasteiger partial charge is 0.311 e. The van der Waals surface area contributed by atoms with Crippen molar-refractivity contribution in [1.82, 2.24) is 5.32 Å². The van der Waals surface area contributed by atoms with Gasteiger partial charge >= 0.3 is 0 Å². The van der Waals surface area contributed by atoms with Crippen LogP contribution in [0.2, 0.25) is 4.34 Å². The van der Waals surface area contributed by atoms with Gasteiger partial charge in [-0.2, -0.15) is 0 Å². The summed E-state index contributed by atoms with van der Waals surface area (Å²) in [5.41, 5.74) is 0.173. The third-order valence-corrected chi connectivity index (χ3v) is 6.46. The average molecular weight is 365 g/mol. The van der Waals surface area contributed by atoms with Crippen molar-refractivity contribution < 1.29 is 0 Å². The quantitative estimate of drug-likeness (QED) is 0.759. The van der Waals surface area contributed by atoms with Crippen LogP contribution in [0.25, 0.3) is 0 Å². The van der Waals surface area contributed by atoms with E-state index in [-0.39, 0.29) is 5.41 Å². The molecule has 0 saturated heterocycles. The summed E-state index contributed by atoms with van der Waals surface area (Å²) in [6.07, 6.45) is 0. The summed E-state index contributed by atoms with van der Waals surface area (Å²) < 4.78 is 1.81. The highest BCUT2D eigenvalue weighted by Gasteiger charge is 2.21. The zero-order chi connectivity index (χ0) is 13.2. The Balaban J connectivity index is 1.89. The molecule has 2 aromatic heterocycles. The van der Waals surface area contributed by atoms with Crippen LogP contribution in [0.1, 0.15) is 23.6 Å². The Morgan fingerprint density at radius 1 is 1.44 bits per heavy atom. The molecule has 1 N–H and O–H groups in total. The molecule has 0 aliphatic rings. The summed E-state index contributed by atoms with van der Waals surface area (Å²) in [6.45, 7) is 6.36. The van der Waals surface area contributed by atoms with E-state index >= 15 is 0 Å². The van der Waals surface area contributed by atoms with Crippen molar-refractivity contribution in [3.05, 3.63) is 42.1 Å². The maximum absolute atomic E-state index is 6.02. The Labute approximate surface area is 129 Å². The number of thiophene rings is 2. The summed E-state index contributed by atoms with van der Waals surface area (Å²) in [7, 11) is 0. The number of hydrogen-bond acceptors (Lipinski definition) is 3. The fourth-order valence-electron chi connectivity index (χ4n) is 1.73. The van der Waals surface area contributed by atoms with E-state index in [1.165, 1.54) is 9.75 Å². The summed E-state index contributed by atoms with van der Waals surface area (Å²) in [4.78, 5) is 2.68. The van der Waals surface area contributed by atoms with Crippen LogP contribution in [0.4, 0.5) is 0 Å². The molecule has 0 atom stereocenters. The van der Waals surface area contributed by atoms with Crippen molar-refractivity contribution in [3.8, 4) is 0 Å². The lowest BCUT2D eigenvalue weighted by atomic mass is 9.91. The molecular formula is C13H15BrClNS2. The Morgan fingerprint density at radius 3 is 2.78 bits per heavy atom. The van der Waals surface area contributed by atoms with Gasteiger partial charge in [-0.05, 0) is 33.4 Å². The van der Waals surface area contributed by atoms with E-state index < -0.39 is 0 Å². The van der Waals surface area contributed by atoms with Gasteiger partial charge in [-0.1, -0.05) is 31.5 Å². The Hall–Kier alpha value is 0.130. The third-order valence-electron chi connectivity index (χ3n) is 2.75. The SMILES string of the molecule is CC(C)(CNCc1cc(Br)c(Cl)s1)c1cccs1. The van der Waals surface area contributed by atoms with E-state index in [1.54, 1.807) is 11.3 Å². The Morgan fingerprint density at radius 2 is 2.22 bits per heavy atom. The summed E-state index contributed by atoms with van der Waals surface area (Å²) in [5.74, 6) is 0. The van der Waals surface area contributed by atoms with Gasteiger partial charge in [-0.15, -0.1) is 22.7 Å². The fraction of sp³-hybridized carbons (Fsp3) is 0.385. The van der Waals surface area contributed by atoms with Crippen LogP contribution < -0.4 is 5.32 Å². The predicted molar refractivity (Wildman–Crippen MR) is 86.1 cm³/mol. The van der Waals surface area contributed by atoms with Crippen LogP contribution in [0.5, 0.6) is 0 Å². The molecule has 1 nitrogen and oxygen atoms in total. The van der Waals surface area contributed by atoms with Gasteiger partial charge in [0, 0.05) is 32.7 Å². The molecule has 2 aromatic rings. The molecule has 0 fully saturated rings. The van der Waals surface area contributed by atoms with Crippen molar-refractivity contribution in [2.75, 3.05) is 6.54 Å². The molecule has 98 valence electrons. The minimum absolute atomic E-state index is 0.173. The molecule has 0 aliphatic heterocycles. The Kier molecular flexibility index (Phi) is 4.89. The number of nitrogens with one attached hydrogen (secondary N) is 1. The predicted octanol–water partition coefficient (Wildman–Crippen LogP) is 5.29. The molecule has 0 amide bonds. The highest BCUT2D eigenvalue weighted by molar-refractivity contribution is 9.10. The first-order valence-corrected chi connectivity index (χ1v) is 8.54. The van der Waals surface area contributed by atoms with Gasteiger partial charge in [0.2, 0.25) is 0 Å². The first-order chi connectivity index (χ1) is 8.49. The summed E-state index contributed by atoms with van der Waals surface area (Å²) >= 11 is 12.9. The van der Waals surface area contributed by atoms with E-state index in [0.717, 1.165) is 21.9 Å². The van der Waals surface area contributed by atoms with Gasteiger partial charge in [0.05, 0.1) is 0 Å². The monoisotopic (exact) mass is 363 g/mol. The molecule has 0 saturated carbocycles. The second-order valence-corrected chi connectivity index (χ2v) is 8.34. The van der Waals surface area contributed by atoms with E-state index in [9.17, 15) is 0 Å². The fourth-order valence-corrected chi connectivity index (χ4v) is 4.34. The molecule has 0 spiro atoms. The van der Waals surface area contributed by atoms with Gasteiger partial charge in [0.15, 0.2) is 0 Å². The Bertz CT molecular complexity index is 486. The molecule has 18 heavy (non-hydrogen) atoms. The van der Waals surface area contributed by atoms with Gasteiger partial charge in [0.1, 0.15) is 4.34 Å². The molecule has 0 unspecified atom stereocenters. The van der Waals surface area contributed by atoms with E-state index in [1.807, 2.05) is 11.3 Å². The normalized spacial score (nSPS) is 12.0. The van der Waals surface area contributed by atoms with Crippen molar-refractivity contribution in [1.29, 1.82) is 0 Å². The molecule has 0 aromatic carbocycles. The van der Waals surface area contributed by atoms with Crippen LogP contribution in [0, 0.1) is 0 Å². The number of rotatable bonds is 5. The third kappa shape index (κ3) is 3.58. The number of hydrogen-bond donors (Lipinski definition) is 1. The van der Waals surface area contributed by atoms with Crippen molar-refractivity contribution >= 4 is 50.2 Å². The van der Waals surface area contributed by atoms with Crippen molar-refractivity contribution in [2.24, 2.45) is 0 Å². The molecular weight excluding hydrogens is 350 g/mol. The van der Waals surface area contributed by atoms with Crippen LogP contribution >= 0.6 is 50.2 Å². The van der Waals surface area contributed by atoms with E-state index in [2.05, 4.69) is 58.7 Å². The number of halogens is 2. The molecule has 0 radical (unpaired) electrons. The van der Waals surface area contributed by atoms with Gasteiger partial charge in [0.25, 0.3) is 0 Å². The minimum atomic E-state index is 0.173. The second-order valence-electron chi connectivity index (χ2n) is 4.80. The lowest BCUT2D eigenvalue weighted by Gasteiger charge is -2.23. The summed E-state index contributed by atoms with van der Waals surface area (Å²) in [6, 6.07) is 6.39. The molecule has 0 bridgehead atoms. The van der Waals surface area contributed by atoms with Gasteiger partial charge in [-0.25, -0.2) is 0 Å². The van der Waals surface area contributed by atoms with Gasteiger partial charge < -0.3 is 5.32 Å². The molecule has 2 rings (SSSR count). The highest BCUT2D eigenvalue weighted by atomic mass is 79.9. The van der Waals surface area contributed by atoms with Crippen molar-refractivity contribution in [3.63, 3.8) is 0 Å². The van der Waals surface area contributed by atoms with E-state index in [0.29, 0.717) is 0 Å². The van der Waals surface area contributed by atoms with Crippen LogP contribution in [-0.2, 0) is 12.0 Å². The maximum Gasteiger partial charge on any atom is 0.107 e. The minimum Gasteiger partial charge on any atom is -0.311 e. The zero-order valence-corrected chi connectivity index (χ0v) is 14.3. The molecule has 0 aliphatic carbocycles. The average Bonchev–Trinajstić information content (AvgIpc) is 2.90. The topological polar surface area (TPSA) is 12.0 Å². The van der Waals surface area contributed by atoms with Crippen LogP contribution in [-0.4, -0.2) is 6.54 Å². The molecule has 2 heterocycles. The lowest BCUT2D eigenvalue weighted by molar-refractivity contribution is 0.478. The van der Waals surface area contributed by atoms with E-state index in [4.69, 9.17) is 11.6 Å². The first-order valence-electron chi connectivity index (χ1n) is 5.67. The smallest absolute Gasteiger partial charge is 0.107 e. The second kappa shape index (κ2) is 6.06. The van der Waals surface area contributed by atoms with Crippen LogP contribution in [0.15, 0.2) is 28.1 Å². The standard InChI is InChI=1S/C13H15BrClNS2/c1-13(2,11-4-3-5-17-11)8-16-7-9-6-10(14)12(15)18-9/h3-6,16H,7-8H2,1-2H3.